The highest BCUT2D eigenvalue weighted by molar-refractivity contribution is 6.37. The first-order valence-electron chi connectivity index (χ1n) is 4.50. The number of nitrogens with two attached hydrogens (primary N) is 1. The molecule has 1 rings (SSSR count). The van der Waals surface area contributed by atoms with Crippen molar-refractivity contribution in [3.05, 3.63) is 16.1 Å². The predicted molar refractivity (Wildman–Crippen MR) is 62.1 cm³/mol. The molecule has 78 valence electrons. The molecule has 0 bridgehead atoms. The summed E-state index contributed by atoms with van der Waals surface area (Å²) in [5.41, 5.74) is 5.55. The van der Waals surface area contributed by atoms with E-state index in [0.717, 1.165) is 19.4 Å². The molecule has 3 nitrogen and oxygen atoms in total. The zero-order valence-corrected chi connectivity index (χ0v) is 9.49. The van der Waals surface area contributed by atoms with Gasteiger partial charge in [-0.25, -0.2) is 4.98 Å². The summed E-state index contributed by atoms with van der Waals surface area (Å²) in [4.78, 5) is 4.05. The van der Waals surface area contributed by atoms with Gasteiger partial charge in [0.25, 0.3) is 0 Å². The highest BCUT2D eigenvalue weighted by Crippen LogP contribution is 2.27. The highest BCUT2D eigenvalue weighted by atomic mass is 35.5. The van der Waals surface area contributed by atoms with E-state index in [-0.39, 0.29) is 0 Å². The number of nitrogens with one attached hydrogen (secondary N) is 1. The molecule has 0 atom stereocenters. The molecule has 1 aromatic rings. The molecule has 0 aliphatic rings. The molecule has 0 unspecified atom stereocenters. The number of nitrogen functional groups attached to an aromatic ring is 1. The van der Waals surface area contributed by atoms with Crippen LogP contribution in [0.2, 0.25) is 10.0 Å². The lowest BCUT2D eigenvalue weighted by Crippen LogP contribution is -2.05. The van der Waals surface area contributed by atoms with Crippen LogP contribution in [0.25, 0.3) is 0 Å². The van der Waals surface area contributed by atoms with Gasteiger partial charge >= 0.3 is 0 Å². The zero-order chi connectivity index (χ0) is 10.6. The summed E-state index contributed by atoms with van der Waals surface area (Å²) in [6.07, 6.45) is 2.19. The number of hydrogen-bond donors (Lipinski definition) is 2. The third-order valence-corrected chi connectivity index (χ3v) is 2.37. The molecule has 0 fully saturated rings. The van der Waals surface area contributed by atoms with E-state index in [0.29, 0.717) is 21.7 Å². The Kier molecular flexibility index (Phi) is 4.29. The molecule has 14 heavy (non-hydrogen) atoms. The molecule has 1 heterocycles. The first kappa shape index (κ1) is 11.4. The van der Waals surface area contributed by atoms with Crippen LogP contribution in [0.4, 0.5) is 11.6 Å². The number of anilines is 2. The van der Waals surface area contributed by atoms with Gasteiger partial charge < -0.3 is 11.1 Å². The number of aromatic nitrogens is 1. The highest BCUT2D eigenvalue weighted by Gasteiger charge is 2.05. The molecule has 0 spiro atoms. The van der Waals surface area contributed by atoms with E-state index in [1.54, 1.807) is 6.07 Å². The molecule has 0 radical (unpaired) electrons. The van der Waals surface area contributed by atoms with Crippen LogP contribution in [-0.2, 0) is 0 Å². The second kappa shape index (κ2) is 5.27. The van der Waals surface area contributed by atoms with Crippen molar-refractivity contribution in [2.24, 2.45) is 0 Å². The van der Waals surface area contributed by atoms with Gasteiger partial charge in [-0.2, -0.15) is 0 Å². The summed E-state index contributed by atoms with van der Waals surface area (Å²) in [6.45, 7) is 2.96. The Morgan fingerprint density at radius 2 is 2.14 bits per heavy atom. The number of pyridine rings is 1. The molecule has 0 amide bonds. The van der Waals surface area contributed by atoms with Crippen molar-refractivity contribution in [2.45, 2.75) is 19.8 Å². The molecule has 0 aliphatic heterocycles. The first-order chi connectivity index (χ1) is 6.65. The largest absolute Gasteiger partial charge is 0.382 e. The Morgan fingerprint density at radius 1 is 1.43 bits per heavy atom. The van der Waals surface area contributed by atoms with E-state index in [4.69, 9.17) is 28.9 Å². The van der Waals surface area contributed by atoms with Gasteiger partial charge in [-0.05, 0) is 12.5 Å². The van der Waals surface area contributed by atoms with Crippen molar-refractivity contribution < 1.29 is 0 Å². The van der Waals surface area contributed by atoms with Crippen molar-refractivity contribution in [1.29, 1.82) is 0 Å². The van der Waals surface area contributed by atoms with Gasteiger partial charge in [0, 0.05) is 6.54 Å². The number of unbranched alkanes of at least 4 members (excludes halogenated alkanes) is 1. The summed E-state index contributed by atoms with van der Waals surface area (Å²) < 4.78 is 0. The lowest BCUT2D eigenvalue weighted by Gasteiger charge is -2.08. The lowest BCUT2D eigenvalue weighted by atomic mass is 10.3. The third kappa shape index (κ3) is 2.93. The topological polar surface area (TPSA) is 50.9 Å². The maximum absolute atomic E-state index is 5.92. The van der Waals surface area contributed by atoms with Crippen molar-refractivity contribution in [1.82, 2.24) is 4.98 Å². The average molecular weight is 234 g/mol. The Balaban J connectivity index is 2.72. The third-order valence-electron chi connectivity index (χ3n) is 1.78. The molecule has 3 N–H and O–H groups in total. The Hall–Kier alpha value is -0.670. The fourth-order valence-corrected chi connectivity index (χ4v) is 1.41. The summed E-state index contributed by atoms with van der Waals surface area (Å²) in [5, 5.41) is 3.99. The minimum atomic E-state index is 0.301. The fourth-order valence-electron chi connectivity index (χ4n) is 0.988. The number of hydrogen-bond acceptors (Lipinski definition) is 3. The zero-order valence-electron chi connectivity index (χ0n) is 7.98. The van der Waals surface area contributed by atoms with E-state index >= 15 is 0 Å². The minimum absolute atomic E-state index is 0.301. The summed E-state index contributed by atoms with van der Waals surface area (Å²) in [6, 6.07) is 1.60. The van der Waals surface area contributed by atoms with Gasteiger partial charge in [0.2, 0.25) is 0 Å². The van der Waals surface area contributed by atoms with Crippen molar-refractivity contribution in [3.8, 4) is 0 Å². The summed E-state index contributed by atoms with van der Waals surface area (Å²) >= 11 is 11.7. The Morgan fingerprint density at radius 3 is 2.79 bits per heavy atom. The molecule has 1 aromatic heterocycles. The molecule has 0 aromatic carbocycles. The SMILES string of the molecule is CCCCNc1nc(N)c(Cl)cc1Cl. The van der Waals surface area contributed by atoms with Crippen LogP contribution in [0.1, 0.15) is 19.8 Å². The smallest absolute Gasteiger partial charge is 0.147 e. The molecule has 5 heteroatoms. The van der Waals surface area contributed by atoms with Crippen LogP contribution < -0.4 is 11.1 Å². The van der Waals surface area contributed by atoms with Gasteiger partial charge in [0.15, 0.2) is 0 Å². The van der Waals surface area contributed by atoms with E-state index in [2.05, 4.69) is 17.2 Å². The van der Waals surface area contributed by atoms with Crippen molar-refractivity contribution in [3.63, 3.8) is 0 Å². The number of nitrogens with zero attached hydrogens (tertiary/aromatic N) is 1. The Bertz CT molecular complexity index is 315. The predicted octanol–water partition coefficient (Wildman–Crippen LogP) is 3.18. The van der Waals surface area contributed by atoms with Crippen LogP contribution >= 0.6 is 23.2 Å². The van der Waals surface area contributed by atoms with Crippen LogP contribution in [0.15, 0.2) is 6.07 Å². The van der Waals surface area contributed by atoms with E-state index in [9.17, 15) is 0 Å². The molecular formula is C9H13Cl2N3. The maximum atomic E-state index is 5.92. The fraction of sp³-hybridized carbons (Fsp3) is 0.444. The van der Waals surface area contributed by atoms with E-state index < -0.39 is 0 Å². The minimum Gasteiger partial charge on any atom is -0.382 e. The Labute approximate surface area is 93.6 Å². The van der Waals surface area contributed by atoms with Gasteiger partial charge in [-0.3, -0.25) is 0 Å². The van der Waals surface area contributed by atoms with Crippen LogP contribution in [0.5, 0.6) is 0 Å². The normalized spacial score (nSPS) is 10.2. The van der Waals surface area contributed by atoms with Crippen LogP contribution in [0.3, 0.4) is 0 Å². The van der Waals surface area contributed by atoms with Gasteiger partial charge in [0.1, 0.15) is 11.6 Å². The van der Waals surface area contributed by atoms with Crippen molar-refractivity contribution >= 4 is 34.8 Å². The van der Waals surface area contributed by atoms with Gasteiger partial charge in [0.05, 0.1) is 10.0 Å². The second-order valence-corrected chi connectivity index (χ2v) is 3.78. The van der Waals surface area contributed by atoms with E-state index in [1.807, 2.05) is 0 Å². The number of rotatable bonds is 4. The second-order valence-electron chi connectivity index (χ2n) is 2.97. The van der Waals surface area contributed by atoms with Gasteiger partial charge in [-0.1, -0.05) is 36.5 Å². The number of halogens is 2. The molecule has 0 saturated carbocycles. The molecule has 0 saturated heterocycles. The summed E-state index contributed by atoms with van der Waals surface area (Å²) in [5.74, 6) is 0.900. The molecule has 0 aliphatic carbocycles. The van der Waals surface area contributed by atoms with E-state index in [1.165, 1.54) is 0 Å². The average Bonchev–Trinajstić information content (AvgIpc) is 2.14. The van der Waals surface area contributed by atoms with Crippen LogP contribution in [0, 0.1) is 0 Å². The quantitative estimate of drug-likeness (QED) is 0.786. The van der Waals surface area contributed by atoms with Crippen LogP contribution in [-0.4, -0.2) is 11.5 Å². The van der Waals surface area contributed by atoms with Gasteiger partial charge in [-0.15, -0.1) is 0 Å². The van der Waals surface area contributed by atoms with Crippen molar-refractivity contribution in [2.75, 3.05) is 17.6 Å². The lowest BCUT2D eigenvalue weighted by molar-refractivity contribution is 0.831. The monoisotopic (exact) mass is 233 g/mol. The summed E-state index contributed by atoms with van der Waals surface area (Å²) in [7, 11) is 0. The first-order valence-corrected chi connectivity index (χ1v) is 5.26. The maximum Gasteiger partial charge on any atom is 0.147 e. The standard InChI is InChI=1S/C9H13Cl2N3/c1-2-3-4-13-9-7(11)5-6(10)8(12)14-9/h5H,2-4H2,1H3,(H3,12,13,14). The molecular weight excluding hydrogens is 221 g/mol.